The van der Waals surface area contributed by atoms with Crippen LogP contribution < -0.4 is 15.5 Å². The summed E-state index contributed by atoms with van der Waals surface area (Å²) in [6, 6.07) is 20.3. The number of ether oxygens (including phenoxy) is 1. The van der Waals surface area contributed by atoms with Crippen molar-refractivity contribution < 1.29 is 19.1 Å². The second kappa shape index (κ2) is 10.7. The Morgan fingerprint density at radius 1 is 0.946 bits per heavy atom. The number of likely N-dealkylation sites (N-methyl/N-ethyl adjacent to an activating group) is 2. The number of rotatable bonds is 7. The molecule has 1 heterocycles. The quantitative estimate of drug-likeness (QED) is 0.374. The van der Waals surface area contributed by atoms with Crippen LogP contribution in [0, 0.1) is 6.92 Å². The minimum absolute atomic E-state index is 0.00791. The third kappa shape index (κ3) is 5.39. The van der Waals surface area contributed by atoms with Crippen molar-refractivity contribution in [3.8, 4) is 0 Å². The molecule has 4 rings (SSSR count). The summed E-state index contributed by atoms with van der Waals surface area (Å²) in [6.45, 7) is 2.26. The molecule has 2 N–H and O–H groups in total. The van der Waals surface area contributed by atoms with E-state index < -0.39 is 5.97 Å². The molecule has 37 heavy (non-hydrogen) atoms. The fourth-order valence-electron chi connectivity index (χ4n) is 4.31. The van der Waals surface area contributed by atoms with Crippen molar-refractivity contribution in [2.24, 2.45) is 0 Å². The van der Waals surface area contributed by atoms with Crippen LogP contribution in [0.2, 0.25) is 0 Å². The average Bonchev–Trinajstić information content (AvgIpc) is 3.21. The van der Waals surface area contributed by atoms with Gasteiger partial charge in [0.1, 0.15) is 0 Å². The van der Waals surface area contributed by atoms with E-state index in [-0.39, 0.29) is 11.8 Å². The molecule has 190 valence electrons. The Bertz CT molecular complexity index is 1400. The summed E-state index contributed by atoms with van der Waals surface area (Å²) in [6.07, 6.45) is 0. The van der Waals surface area contributed by atoms with Crippen molar-refractivity contribution in [3.63, 3.8) is 0 Å². The van der Waals surface area contributed by atoms with E-state index in [1.54, 1.807) is 30.1 Å². The van der Waals surface area contributed by atoms with Crippen LogP contribution in [0.15, 0.2) is 66.7 Å². The Morgan fingerprint density at radius 2 is 1.68 bits per heavy atom. The maximum absolute atomic E-state index is 13.2. The molecule has 1 aliphatic rings. The number of amides is 2. The van der Waals surface area contributed by atoms with Crippen molar-refractivity contribution >= 4 is 46.1 Å². The maximum atomic E-state index is 13.2. The number of benzene rings is 3. The summed E-state index contributed by atoms with van der Waals surface area (Å²) < 4.78 is 4.81. The molecule has 0 unspecified atom stereocenters. The van der Waals surface area contributed by atoms with Crippen LogP contribution in [0.5, 0.6) is 0 Å². The van der Waals surface area contributed by atoms with Crippen molar-refractivity contribution in [2.75, 3.05) is 50.3 Å². The first-order valence-electron chi connectivity index (χ1n) is 11.8. The van der Waals surface area contributed by atoms with Crippen LogP contribution in [0.1, 0.15) is 27.0 Å². The molecule has 0 aliphatic carbocycles. The first-order chi connectivity index (χ1) is 17.7. The van der Waals surface area contributed by atoms with Crippen LogP contribution in [-0.2, 0) is 14.3 Å². The van der Waals surface area contributed by atoms with Gasteiger partial charge in [0.05, 0.1) is 36.2 Å². The number of fused-ring (bicyclic) bond motifs is 1. The summed E-state index contributed by atoms with van der Waals surface area (Å²) in [7, 11) is 6.80. The number of anilines is 3. The lowest BCUT2D eigenvalue weighted by molar-refractivity contribution is -0.119. The summed E-state index contributed by atoms with van der Waals surface area (Å²) >= 11 is 0. The van der Waals surface area contributed by atoms with Crippen LogP contribution in [-0.4, -0.2) is 57.5 Å². The zero-order chi connectivity index (χ0) is 26.7. The first-order valence-corrected chi connectivity index (χ1v) is 11.8. The molecule has 0 saturated heterocycles. The highest BCUT2D eigenvalue weighted by Gasteiger charge is 2.29. The molecule has 8 nitrogen and oxygen atoms in total. The number of esters is 1. The standard InChI is InChI=1S/C29H30N4O4/c1-18-15-21(12-14-24(18)33(4)25(34)17-32(2)3)30-27(19-9-7-6-8-10-19)26-22-13-11-20(29(36)37-5)16-23(22)31-28(26)35/h6-16,30H,17H2,1-5H3,(H,31,35)/b27-26-. The summed E-state index contributed by atoms with van der Waals surface area (Å²) in [4.78, 5) is 41.2. The van der Waals surface area contributed by atoms with Crippen LogP contribution in [0.4, 0.5) is 17.1 Å². The monoisotopic (exact) mass is 498 g/mol. The predicted molar refractivity (Wildman–Crippen MR) is 146 cm³/mol. The molecule has 0 radical (unpaired) electrons. The van der Waals surface area contributed by atoms with Crippen molar-refractivity contribution in [1.82, 2.24) is 4.90 Å². The second-order valence-corrected chi connectivity index (χ2v) is 9.14. The third-order valence-electron chi connectivity index (χ3n) is 6.15. The Hall–Kier alpha value is -4.43. The van der Waals surface area contributed by atoms with Gasteiger partial charge in [0, 0.05) is 24.0 Å². The van der Waals surface area contributed by atoms with Gasteiger partial charge >= 0.3 is 5.97 Å². The molecule has 3 aromatic carbocycles. The van der Waals surface area contributed by atoms with Crippen molar-refractivity contribution in [2.45, 2.75) is 6.92 Å². The highest BCUT2D eigenvalue weighted by atomic mass is 16.5. The summed E-state index contributed by atoms with van der Waals surface area (Å²) in [5, 5.41) is 6.31. The molecule has 0 atom stereocenters. The molecule has 0 fully saturated rings. The Morgan fingerprint density at radius 3 is 2.32 bits per heavy atom. The third-order valence-corrected chi connectivity index (χ3v) is 6.15. The van der Waals surface area contributed by atoms with Gasteiger partial charge in [0.15, 0.2) is 0 Å². The van der Waals surface area contributed by atoms with Crippen molar-refractivity contribution in [1.29, 1.82) is 0 Å². The number of nitrogens with zero attached hydrogens (tertiary/aromatic N) is 2. The number of hydrogen-bond acceptors (Lipinski definition) is 6. The number of carbonyl (C=O) groups is 3. The molecular formula is C29H30N4O4. The zero-order valence-corrected chi connectivity index (χ0v) is 21.6. The van der Waals surface area contributed by atoms with Crippen LogP contribution in [0.3, 0.4) is 0 Å². The molecule has 1 aliphatic heterocycles. The lowest BCUT2D eigenvalue weighted by Gasteiger charge is -2.22. The molecular weight excluding hydrogens is 468 g/mol. The van der Waals surface area contributed by atoms with E-state index in [0.717, 1.165) is 22.5 Å². The van der Waals surface area contributed by atoms with Gasteiger partial charge < -0.3 is 25.2 Å². The van der Waals surface area contributed by atoms with Gasteiger partial charge in [0.2, 0.25) is 5.91 Å². The SMILES string of the molecule is COC(=O)c1ccc2c(c1)NC(=O)/C2=C(\Nc1ccc(N(C)C(=O)CN(C)C)c(C)c1)c1ccccc1. The van der Waals surface area contributed by atoms with Crippen molar-refractivity contribution in [3.05, 3.63) is 89.0 Å². The maximum Gasteiger partial charge on any atom is 0.337 e. The smallest absolute Gasteiger partial charge is 0.337 e. The van der Waals surface area contributed by atoms with E-state index in [9.17, 15) is 14.4 Å². The number of methoxy groups -OCH3 is 1. The van der Waals surface area contributed by atoms with E-state index in [1.807, 2.05) is 74.4 Å². The van der Waals surface area contributed by atoms with E-state index in [4.69, 9.17) is 4.74 Å². The van der Waals surface area contributed by atoms with Gasteiger partial charge in [-0.05, 0) is 62.5 Å². The first kappa shape index (κ1) is 25.7. The number of aryl methyl sites for hydroxylation is 1. The van der Waals surface area contributed by atoms with E-state index in [0.29, 0.717) is 34.6 Å². The van der Waals surface area contributed by atoms with Gasteiger partial charge in [-0.2, -0.15) is 0 Å². The fourth-order valence-corrected chi connectivity index (χ4v) is 4.31. The van der Waals surface area contributed by atoms with Gasteiger partial charge in [-0.25, -0.2) is 4.79 Å². The minimum Gasteiger partial charge on any atom is -0.465 e. The fraction of sp³-hybridized carbons (Fsp3) is 0.207. The minimum atomic E-state index is -0.472. The van der Waals surface area contributed by atoms with E-state index >= 15 is 0 Å². The lowest BCUT2D eigenvalue weighted by atomic mass is 9.99. The Balaban J connectivity index is 1.75. The average molecular weight is 499 g/mol. The molecule has 8 heteroatoms. The van der Waals surface area contributed by atoms with Crippen LogP contribution >= 0.6 is 0 Å². The molecule has 0 bridgehead atoms. The van der Waals surface area contributed by atoms with Gasteiger partial charge in [0.25, 0.3) is 5.91 Å². The molecule has 0 saturated carbocycles. The highest BCUT2D eigenvalue weighted by Crippen LogP contribution is 2.38. The Kier molecular flexibility index (Phi) is 7.40. The highest BCUT2D eigenvalue weighted by molar-refractivity contribution is 6.37. The largest absolute Gasteiger partial charge is 0.465 e. The van der Waals surface area contributed by atoms with Gasteiger partial charge in [-0.3, -0.25) is 9.59 Å². The molecule has 2 amide bonds. The Labute approximate surface area is 216 Å². The molecule has 0 spiro atoms. The summed E-state index contributed by atoms with van der Waals surface area (Å²) in [5.41, 5.74) is 6.02. The summed E-state index contributed by atoms with van der Waals surface area (Å²) in [5.74, 6) is -0.752. The topological polar surface area (TPSA) is 91.0 Å². The predicted octanol–water partition coefficient (Wildman–Crippen LogP) is 4.24. The second-order valence-electron chi connectivity index (χ2n) is 9.14. The van der Waals surface area contributed by atoms with Crippen LogP contribution in [0.25, 0.3) is 11.3 Å². The number of nitrogens with one attached hydrogen (secondary N) is 2. The lowest BCUT2D eigenvalue weighted by Crippen LogP contribution is -2.35. The number of carbonyl (C=O) groups excluding carboxylic acids is 3. The van der Waals surface area contributed by atoms with Gasteiger partial charge in [-0.15, -0.1) is 0 Å². The van der Waals surface area contributed by atoms with Gasteiger partial charge in [-0.1, -0.05) is 36.4 Å². The normalized spacial score (nSPS) is 13.6. The zero-order valence-electron chi connectivity index (χ0n) is 21.6. The molecule has 3 aromatic rings. The van der Waals surface area contributed by atoms with E-state index in [1.165, 1.54) is 7.11 Å². The molecule has 0 aromatic heterocycles. The number of hydrogen-bond donors (Lipinski definition) is 2. The van der Waals surface area contributed by atoms with E-state index in [2.05, 4.69) is 10.6 Å².